The monoisotopic (exact) mass is 1020 g/mol. The number of phenols is 2. The van der Waals surface area contributed by atoms with E-state index < -0.39 is 82.6 Å². The summed E-state index contributed by atoms with van der Waals surface area (Å²) in [6, 6.07) is 16.2. The highest BCUT2D eigenvalue weighted by Gasteiger charge is 2.49. The fourth-order valence-electron chi connectivity index (χ4n) is 10.7. The van der Waals surface area contributed by atoms with Crippen LogP contribution in [0.25, 0.3) is 0 Å². The van der Waals surface area contributed by atoms with Gasteiger partial charge in [0.25, 0.3) is 0 Å². The van der Waals surface area contributed by atoms with Crippen LogP contribution < -0.4 is 15.4 Å². The molecule has 1 fully saturated rings. The van der Waals surface area contributed by atoms with Crippen LogP contribution in [0, 0.1) is 0 Å². The predicted molar refractivity (Wildman–Crippen MR) is 269 cm³/mol. The number of benzene rings is 3. The standard InChI is InChI=1S/C56H57N5O14/c1-28-51(67)37(20-46(74-28)75-45-22-56(72,29(2)63)21-36-48(45)55(71)50-49(53(36)69)52(68)35-8-7-9-44(73-6)47(35)54(50)70)57-23-31-12-10-30(11-13-31)16-41(64)38-14-32(24-59(38)3)17-42(65)39-15-33(25-60(39)4)18-43(66)40-19-34(58-27-62)26-61(40)5/h7-15,19,24-28,37,45-46,51,57,67,69,71-72H,16-18,20-23H2,1-6H3,(H,58,62)/t28?,37?,45-,46?,51?,56-/m0/s1. The SMILES string of the molecule is COc1cccc2c1C(=O)c1c(O)c3c(c(O)c1C2=O)C[C@@](O)(C(C)=O)C[C@@H]3OC1CC(NCc2ccc(CC(=O)c3cc(CC(=O)c4cc(CC(=O)c5cc(NC=O)cn5C)cn4C)cn3C)cc2)C(O)C(C)O1. The Balaban J connectivity index is 0.834. The number of carbonyl (C=O) groups is 7. The Kier molecular flexibility index (Phi) is 14.2. The summed E-state index contributed by atoms with van der Waals surface area (Å²) >= 11 is 0. The van der Waals surface area contributed by atoms with E-state index in [1.54, 1.807) is 78.6 Å². The van der Waals surface area contributed by atoms with E-state index in [0.717, 1.165) is 11.1 Å². The predicted octanol–water partition coefficient (Wildman–Crippen LogP) is 4.72. The van der Waals surface area contributed by atoms with E-state index >= 15 is 0 Å². The molecule has 4 unspecified atom stereocenters. The number of methoxy groups -OCH3 is 1. The van der Waals surface area contributed by atoms with Gasteiger partial charge >= 0.3 is 0 Å². The minimum Gasteiger partial charge on any atom is -0.507 e. The lowest BCUT2D eigenvalue weighted by Gasteiger charge is -2.43. The number of hydrogen-bond acceptors (Lipinski definition) is 15. The van der Waals surface area contributed by atoms with E-state index in [-0.39, 0.29) is 84.0 Å². The highest BCUT2D eigenvalue weighted by Crippen LogP contribution is 2.52. The lowest BCUT2D eigenvalue weighted by molar-refractivity contribution is -0.249. The van der Waals surface area contributed by atoms with Gasteiger partial charge in [-0.15, -0.1) is 0 Å². The molecule has 9 rings (SSSR count). The number of fused-ring (bicyclic) bond motifs is 3. The second kappa shape index (κ2) is 20.5. The van der Waals surface area contributed by atoms with Gasteiger partial charge in [0, 0.05) is 108 Å². The molecule has 6 N–H and O–H groups in total. The number of ether oxygens (including phenoxy) is 3. The second-order valence-corrected chi connectivity index (χ2v) is 19.8. The molecule has 0 bridgehead atoms. The number of aryl methyl sites for hydroxylation is 3. The van der Waals surface area contributed by atoms with Crippen molar-refractivity contribution in [3.05, 3.63) is 152 Å². The number of aromatic hydroxyl groups is 2. The van der Waals surface area contributed by atoms with Crippen molar-refractivity contribution < 1.29 is 68.2 Å². The number of nitrogens with one attached hydrogen (secondary N) is 2. The number of aliphatic hydroxyl groups excluding tert-OH is 1. The van der Waals surface area contributed by atoms with Gasteiger partial charge in [-0.1, -0.05) is 36.4 Å². The Morgan fingerprint density at radius 3 is 1.96 bits per heavy atom. The number of rotatable bonds is 18. The summed E-state index contributed by atoms with van der Waals surface area (Å²) in [6.07, 6.45) is 0.811. The number of amides is 1. The minimum atomic E-state index is -2.09. The number of hydrogen-bond donors (Lipinski definition) is 6. The zero-order chi connectivity index (χ0) is 53.8. The normalized spacial score (nSPS) is 21.0. The van der Waals surface area contributed by atoms with Crippen molar-refractivity contribution in [3.63, 3.8) is 0 Å². The van der Waals surface area contributed by atoms with Crippen LogP contribution in [-0.4, -0.2) is 112 Å². The number of carbonyl (C=O) groups excluding carboxylic acids is 7. The van der Waals surface area contributed by atoms with Crippen molar-refractivity contribution in [2.75, 3.05) is 12.4 Å². The maximum Gasteiger partial charge on any atom is 0.211 e. The third kappa shape index (κ3) is 9.87. The maximum atomic E-state index is 14.1. The largest absolute Gasteiger partial charge is 0.507 e. The summed E-state index contributed by atoms with van der Waals surface area (Å²) in [5.74, 6) is -3.91. The summed E-state index contributed by atoms with van der Waals surface area (Å²) in [7, 11) is 6.52. The van der Waals surface area contributed by atoms with Gasteiger partial charge in [-0.25, -0.2) is 0 Å². The molecule has 2 aliphatic carbocycles. The molecule has 3 aromatic carbocycles. The number of phenolic OH excluding ortho intramolecular Hbond substituents is 2. The van der Waals surface area contributed by atoms with Crippen molar-refractivity contribution in [2.24, 2.45) is 21.1 Å². The number of nitrogens with zero attached hydrogens (tertiary/aromatic N) is 3. The zero-order valence-electron chi connectivity index (χ0n) is 42.1. The molecule has 0 radical (unpaired) electrons. The lowest BCUT2D eigenvalue weighted by Crippen LogP contribution is -2.54. The molecule has 390 valence electrons. The van der Waals surface area contributed by atoms with Crippen LogP contribution >= 0.6 is 0 Å². The van der Waals surface area contributed by atoms with E-state index in [2.05, 4.69) is 10.6 Å². The molecule has 19 nitrogen and oxygen atoms in total. The zero-order valence-corrected chi connectivity index (χ0v) is 42.1. The van der Waals surface area contributed by atoms with Crippen LogP contribution in [0.3, 0.4) is 0 Å². The summed E-state index contributed by atoms with van der Waals surface area (Å²) in [6.45, 7) is 3.11. The number of anilines is 1. The van der Waals surface area contributed by atoms with Crippen molar-refractivity contribution in [1.29, 1.82) is 0 Å². The summed E-state index contributed by atoms with van der Waals surface area (Å²) in [4.78, 5) is 91.9. The van der Waals surface area contributed by atoms with Crippen LogP contribution in [0.15, 0.2) is 79.3 Å². The van der Waals surface area contributed by atoms with E-state index in [1.165, 1.54) is 32.2 Å². The molecule has 0 saturated carbocycles. The molecule has 6 aromatic rings. The van der Waals surface area contributed by atoms with Crippen LogP contribution in [0.4, 0.5) is 5.69 Å². The van der Waals surface area contributed by atoms with Gasteiger partial charge in [0.2, 0.25) is 12.2 Å². The first-order valence-corrected chi connectivity index (χ1v) is 24.4. The van der Waals surface area contributed by atoms with Gasteiger partial charge in [-0.05, 0) is 60.4 Å². The Labute approximate surface area is 430 Å². The molecule has 1 aliphatic heterocycles. The second-order valence-electron chi connectivity index (χ2n) is 19.8. The molecular formula is C56H57N5O14. The first kappa shape index (κ1) is 52.1. The molecule has 19 heteroatoms. The first-order valence-electron chi connectivity index (χ1n) is 24.4. The van der Waals surface area contributed by atoms with Gasteiger partial charge in [-0.2, -0.15) is 0 Å². The van der Waals surface area contributed by atoms with Crippen LogP contribution in [0.1, 0.15) is 129 Å². The van der Waals surface area contributed by atoms with Crippen molar-refractivity contribution in [3.8, 4) is 17.2 Å². The number of Topliss-reactive ketones (excluding diaryl/α,β-unsaturated/α-hetero) is 4. The van der Waals surface area contributed by atoms with Crippen molar-refractivity contribution in [2.45, 2.75) is 95.2 Å². The van der Waals surface area contributed by atoms with E-state index in [1.807, 2.05) is 24.3 Å². The van der Waals surface area contributed by atoms with Crippen LogP contribution in [0.2, 0.25) is 0 Å². The average Bonchev–Trinajstić information content (AvgIpc) is 4.06. The highest BCUT2D eigenvalue weighted by atomic mass is 16.7. The minimum absolute atomic E-state index is 0.0328. The van der Waals surface area contributed by atoms with Gasteiger partial charge in [0.05, 0.1) is 64.9 Å². The molecule has 3 aliphatic rings. The maximum absolute atomic E-state index is 14.1. The quantitative estimate of drug-likeness (QED) is 0.0386. The van der Waals surface area contributed by atoms with E-state index in [0.29, 0.717) is 40.3 Å². The Bertz CT molecular complexity index is 3330. The van der Waals surface area contributed by atoms with E-state index in [4.69, 9.17) is 14.2 Å². The van der Waals surface area contributed by atoms with Crippen molar-refractivity contribution in [1.82, 2.24) is 19.0 Å². The van der Waals surface area contributed by atoms with Gasteiger partial charge in [0.1, 0.15) is 22.8 Å². The summed E-state index contributed by atoms with van der Waals surface area (Å²) in [5.41, 5.74) is 1.29. The Morgan fingerprint density at radius 2 is 1.36 bits per heavy atom. The fraction of sp³-hybridized carbons (Fsp3) is 0.339. The molecule has 3 aromatic heterocycles. The lowest BCUT2D eigenvalue weighted by atomic mass is 9.72. The van der Waals surface area contributed by atoms with Crippen molar-refractivity contribution >= 4 is 46.8 Å². The average molecular weight is 1020 g/mol. The molecule has 0 spiro atoms. The van der Waals surface area contributed by atoms with Gasteiger partial charge in [-0.3, -0.25) is 33.6 Å². The summed E-state index contributed by atoms with van der Waals surface area (Å²) in [5, 5.41) is 52.4. The van der Waals surface area contributed by atoms with Gasteiger partial charge in [0.15, 0.2) is 35.2 Å². The number of aliphatic hydroxyl groups is 2. The molecule has 6 atom stereocenters. The molecular weight excluding hydrogens is 967 g/mol. The topological polar surface area (TPSA) is 267 Å². The molecule has 1 saturated heterocycles. The van der Waals surface area contributed by atoms with Crippen LogP contribution in [0.5, 0.6) is 17.2 Å². The highest BCUT2D eigenvalue weighted by molar-refractivity contribution is 6.31. The van der Waals surface area contributed by atoms with E-state index in [9.17, 15) is 54.0 Å². The third-order valence-corrected chi connectivity index (χ3v) is 14.6. The molecule has 75 heavy (non-hydrogen) atoms. The Morgan fingerprint density at radius 1 is 0.787 bits per heavy atom. The third-order valence-electron chi connectivity index (χ3n) is 14.6. The fourth-order valence-corrected chi connectivity index (χ4v) is 10.7. The Hall–Kier alpha value is -7.81. The number of aromatic nitrogens is 3. The van der Waals surface area contributed by atoms with Crippen LogP contribution in [-0.2, 0) is 72.4 Å². The number of ketones is 6. The van der Waals surface area contributed by atoms with Gasteiger partial charge < -0.3 is 59.0 Å². The summed E-state index contributed by atoms with van der Waals surface area (Å²) < 4.78 is 22.9. The molecule has 4 heterocycles. The molecule has 1 amide bonds. The first-order chi connectivity index (χ1) is 35.7. The smallest absolute Gasteiger partial charge is 0.211 e.